The van der Waals surface area contributed by atoms with Gasteiger partial charge in [0.25, 0.3) is 15.9 Å². The highest BCUT2D eigenvalue weighted by molar-refractivity contribution is 7.96. The lowest BCUT2D eigenvalue weighted by Crippen LogP contribution is -2.57. The summed E-state index contributed by atoms with van der Waals surface area (Å²) >= 11 is 0. The molecule has 1 amide bonds. The maximum Gasteiger partial charge on any atom is 0.259 e. The molecule has 2 aliphatic carbocycles. The van der Waals surface area contributed by atoms with Crippen LogP contribution in [0.3, 0.4) is 0 Å². The first-order valence-electron chi connectivity index (χ1n) is 15.7. The Kier molecular flexibility index (Phi) is 9.44. The lowest BCUT2D eigenvalue weighted by atomic mass is 9.91. The number of benzene rings is 1. The molecule has 1 fully saturated rings. The van der Waals surface area contributed by atoms with Gasteiger partial charge < -0.3 is 4.52 Å². The number of hydrogen-bond acceptors (Lipinski definition) is 8. The van der Waals surface area contributed by atoms with Gasteiger partial charge in [-0.2, -0.15) is 4.72 Å². The van der Waals surface area contributed by atoms with E-state index in [9.17, 15) is 21.6 Å². The van der Waals surface area contributed by atoms with E-state index in [1.807, 2.05) is 17.0 Å². The van der Waals surface area contributed by atoms with Crippen molar-refractivity contribution in [3.63, 3.8) is 0 Å². The first-order chi connectivity index (χ1) is 21.4. The molecule has 5 rings (SSSR count). The lowest BCUT2D eigenvalue weighted by molar-refractivity contribution is -0.131. The molecule has 0 radical (unpaired) electrons. The summed E-state index contributed by atoms with van der Waals surface area (Å²) in [6, 6.07) is 7.26. The monoisotopic (exact) mass is 657 g/mol. The number of rotatable bonds is 13. The Morgan fingerprint density at radius 3 is 2.36 bits per heavy atom. The molecule has 1 aliphatic heterocycles. The molecule has 11 nitrogen and oxygen atoms in total. The SMILES string of the molecule is CCCCC1=NC2(CCCC2)C(=O)N1Cc1ccc(C2=CC=CCC2(NS(=O)(=O)CCC)S(=O)(=O)Nc2onc(C)c2C)cc1. The number of aryl methyl sites for hydroxylation is 1. The molecule has 2 N–H and O–H groups in total. The number of carbonyl (C=O) groups is 1. The zero-order valence-electron chi connectivity index (χ0n) is 26.4. The number of sulfonamides is 2. The minimum atomic E-state index is -4.48. The molecule has 2 heterocycles. The van der Waals surface area contributed by atoms with E-state index in [1.54, 1.807) is 51.1 Å². The molecule has 0 saturated heterocycles. The Morgan fingerprint density at radius 2 is 1.73 bits per heavy atom. The van der Waals surface area contributed by atoms with Crippen molar-refractivity contribution in [1.82, 2.24) is 14.8 Å². The molecule has 1 saturated carbocycles. The van der Waals surface area contributed by atoms with Gasteiger partial charge in [0.05, 0.1) is 18.0 Å². The van der Waals surface area contributed by atoms with Gasteiger partial charge in [-0.25, -0.2) is 21.6 Å². The van der Waals surface area contributed by atoms with Gasteiger partial charge in [-0.15, -0.1) is 0 Å². The van der Waals surface area contributed by atoms with Crippen LogP contribution >= 0.6 is 0 Å². The summed E-state index contributed by atoms with van der Waals surface area (Å²) in [5.41, 5.74) is 2.05. The molecule has 244 valence electrons. The number of amides is 1. The number of amidine groups is 1. The molecule has 1 aromatic carbocycles. The van der Waals surface area contributed by atoms with Crippen molar-refractivity contribution in [3.8, 4) is 0 Å². The van der Waals surface area contributed by atoms with Crippen molar-refractivity contribution in [1.29, 1.82) is 0 Å². The Hall–Kier alpha value is -3.29. The van der Waals surface area contributed by atoms with Crippen molar-refractivity contribution < 1.29 is 26.2 Å². The maximum absolute atomic E-state index is 14.2. The largest absolute Gasteiger partial charge is 0.337 e. The predicted octanol–water partition coefficient (Wildman–Crippen LogP) is 5.35. The van der Waals surface area contributed by atoms with E-state index in [0.717, 1.165) is 56.3 Å². The lowest BCUT2D eigenvalue weighted by Gasteiger charge is -2.37. The highest BCUT2D eigenvalue weighted by atomic mass is 32.2. The molecule has 1 aromatic heterocycles. The van der Waals surface area contributed by atoms with E-state index in [2.05, 4.69) is 21.5 Å². The summed E-state index contributed by atoms with van der Waals surface area (Å²) in [5, 5.41) is 3.85. The van der Waals surface area contributed by atoms with Crippen molar-refractivity contribution in [3.05, 3.63) is 64.9 Å². The number of carbonyl (C=O) groups excluding carboxylic acids is 1. The van der Waals surface area contributed by atoms with E-state index in [4.69, 9.17) is 9.52 Å². The number of nitrogens with zero attached hydrogens (tertiary/aromatic N) is 3. The summed E-state index contributed by atoms with van der Waals surface area (Å²) < 4.78 is 65.1. The average Bonchev–Trinajstić information content (AvgIpc) is 3.67. The second-order valence-electron chi connectivity index (χ2n) is 12.2. The highest BCUT2D eigenvalue weighted by Crippen LogP contribution is 2.42. The van der Waals surface area contributed by atoms with Gasteiger partial charge >= 0.3 is 0 Å². The number of allylic oxidation sites excluding steroid dienone is 2. The highest BCUT2D eigenvalue weighted by Gasteiger charge is 2.51. The number of aliphatic imine (C=N–C) groups is 1. The summed E-state index contributed by atoms with van der Waals surface area (Å²) in [6.07, 6.45) is 11.4. The van der Waals surface area contributed by atoms with E-state index in [0.29, 0.717) is 29.8 Å². The van der Waals surface area contributed by atoms with Gasteiger partial charge in [-0.1, -0.05) is 80.8 Å². The van der Waals surface area contributed by atoms with Crippen molar-refractivity contribution >= 4 is 43.2 Å². The normalized spacial score (nSPS) is 21.4. The van der Waals surface area contributed by atoms with E-state index < -0.39 is 30.5 Å². The summed E-state index contributed by atoms with van der Waals surface area (Å²) in [7, 11) is -8.50. The number of aromatic nitrogens is 1. The van der Waals surface area contributed by atoms with Crippen LogP contribution in [0.25, 0.3) is 5.57 Å². The minimum absolute atomic E-state index is 0.0646. The predicted molar refractivity (Wildman–Crippen MR) is 175 cm³/mol. The van der Waals surface area contributed by atoms with Crippen LogP contribution in [0.4, 0.5) is 5.88 Å². The summed E-state index contributed by atoms with van der Waals surface area (Å²) in [6.45, 7) is 7.56. The number of hydrogen-bond donors (Lipinski definition) is 2. The molecular formula is C32H43N5O6S2. The third-order valence-corrected chi connectivity index (χ3v) is 12.6. The number of unbranched alkanes of at least 4 members (excludes halogenated alkanes) is 1. The zero-order chi connectivity index (χ0) is 32.5. The zero-order valence-corrected chi connectivity index (χ0v) is 28.1. The Balaban J connectivity index is 1.48. The van der Waals surface area contributed by atoms with Crippen LogP contribution in [0.1, 0.15) is 94.0 Å². The fraction of sp³-hybridized carbons (Fsp3) is 0.531. The molecule has 13 heteroatoms. The van der Waals surface area contributed by atoms with Gasteiger partial charge in [0, 0.05) is 18.4 Å². The van der Waals surface area contributed by atoms with Gasteiger partial charge in [0.2, 0.25) is 15.9 Å². The van der Waals surface area contributed by atoms with Crippen LogP contribution < -0.4 is 9.44 Å². The molecule has 1 unspecified atom stereocenters. The maximum atomic E-state index is 14.2. The van der Waals surface area contributed by atoms with E-state index >= 15 is 0 Å². The van der Waals surface area contributed by atoms with Gasteiger partial charge in [-0.05, 0) is 56.2 Å². The second-order valence-corrected chi connectivity index (χ2v) is 16.0. The van der Waals surface area contributed by atoms with Crippen LogP contribution in [0.5, 0.6) is 0 Å². The molecule has 1 spiro atoms. The van der Waals surface area contributed by atoms with Crippen LogP contribution in [-0.2, 0) is 31.4 Å². The Bertz CT molecular complexity index is 1740. The van der Waals surface area contributed by atoms with Crippen LogP contribution in [0.15, 0.2) is 52.0 Å². The molecule has 45 heavy (non-hydrogen) atoms. The third kappa shape index (κ3) is 6.39. The molecule has 3 aliphatic rings. The summed E-state index contributed by atoms with van der Waals surface area (Å²) in [4.78, 5) is 18.3. The van der Waals surface area contributed by atoms with Gasteiger partial charge in [-0.3, -0.25) is 14.7 Å². The van der Waals surface area contributed by atoms with Crippen LogP contribution in [0.2, 0.25) is 0 Å². The smallest absolute Gasteiger partial charge is 0.259 e. The first kappa shape index (κ1) is 33.1. The minimum Gasteiger partial charge on any atom is -0.337 e. The van der Waals surface area contributed by atoms with Gasteiger partial charge in [0.1, 0.15) is 11.4 Å². The van der Waals surface area contributed by atoms with E-state index in [-0.39, 0.29) is 29.5 Å². The molecule has 2 aromatic rings. The number of nitrogens with one attached hydrogen (secondary N) is 2. The molecular weight excluding hydrogens is 615 g/mol. The fourth-order valence-electron chi connectivity index (χ4n) is 6.34. The van der Waals surface area contributed by atoms with Crippen LogP contribution in [0, 0.1) is 13.8 Å². The van der Waals surface area contributed by atoms with Crippen molar-refractivity contribution in [2.24, 2.45) is 4.99 Å². The quantitative estimate of drug-likeness (QED) is 0.295. The summed E-state index contributed by atoms with van der Waals surface area (Å²) in [5.74, 6) is 0.595. The van der Waals surface area contributed by atoms with Crippen LogP contribution in [-0.4, -0.2) is 54.8 Å². The number of anilines is 1. The first-order valence-corrected chi connectivity index (χ1v) is 18.8. The molecule has 1 atom stereocenters. The second kappa shape index (κ2) is 12.8. The Labute approximate surface area is 266 Å². The van der Waals surface area contributed by atoms with Crippen molar-refractivity contribution in [2.45, 2.75) is 102 Å². The van der Waals surface area contributed by atoms with E-state index in [1.165, 1.54) is 0 Å². The van der Waals surface area contributed by atoms with Crippen molar-refractivity contribution in [2.75, 3.05) is 10.5 Å². The standard InChI is InChI=1S/C32H43N5O6S2/c1-5-7-13-28-33-31(18-10-11-19-31)30(38)37(28)22-25-14-16-26(17-15-25)27-12-8-9-20-32(27,36-44(39,40)21-6-2)45(41,42)35-29-23(3)24(4)34-43-29/h8-9,12,14-17,35-36H,5-7,10-11,13,18-22H2,1-4H3. The third-order valence-electron chi connectivity index (χ3n) is 8.96. The van der Waals surface area contributed by atoms with Gasteiger partial charge in [0.15, 0.2) is 4.87 Å². The fourth-order valence-corrected chi connectivity index (χ4v) is 9.89. The average molecular weight is 658 g/mol. The topological polar surface area (TPSA) is 151 Å². The Morgan fingerprint density at radius 1 is 1.02 bits per heavy atom. The molecule has 0 bridgehead atoms.